The highest BCUT2D eigenvalue weighted by molar-refractivity contribution is 5.86. The van der Waals surface area contributed by atoms with Crippen LogP contribution in [0.1, 0.15) is 13.3 Å². The van der Waals surface area contributed by atoms with Crippen molar-refractivity contribution in [2.24, 2.45) is 11.7 Å². The lowest BCUT2D eigenvalue weighted by molar-refractivity contribution is -0.141. The zero-order chi connectivity index (χ0) is 10.7. The maximum atomic E-state index is 11.4. The molecule has 4 N–H and O–H groups in total. The second-order valence-corrected chi connectivity index (χ2v) is 3.46. The molecule has 0 saturated heterocycles. The third-order valence-corrected chi connectivity index (χ3v) is 2.18. The summed E-state index contributed by atoms with van der Waals surface area (Å²) in [5.41, 5.74) is 5.57. The van der Waals surface area contributed by atoms with Gasteiger partial charge in [0.05, 0.1) is 5.92 Å². The Morgan fingerprint density at radius 1 is 1.57 bits per heavy atom. The van der Waals surface area contributed by atoms with Crippen molar-refractivity contribution in [3.05, 3.63) is 12.2 Å². The van der Waals surface area contributed by atoms with E-state index in [1.54, 1.807) is 12.2 Å². The highest BCUT2D eigenvalue weighted by Gasteiger charge is 2.24. The van der Waals surface area contributed by atoms with Gasteiger partial charge in [0.15, 0.2) is 0 Å². The van der Waals surface area contributed by atoms with Crippen molar-refractivity contribution in [1.29, 1.82) is 0 Å². The fourth-order valence-corrected chi connectivity index (χ4v) is 1.30. The zero-order valence-corrected chi connectivity index (χ0v) is 7.93. The van der Waals surface area contributed by atoms with E-state index in [1.807, 2.05) is 0 Å². The van der Waals surface area contributed by atoms with Crippen molar-refractivity contribution in [1.82, 2.24) is 5.32 Å². The summed E-state index contributed by atoms with van der Waals surface area (Å²) in [5.74, 6) is -1.60. The van der Waals surface area contributed by atoms with Crippen molar-refractivity contribution in [3.8, 4) is 0 Å². The Bertz CT molecular complexity index is 275. The molecule has 14 heavy (non-hydrogen) atoms. The summed E-state index contributed by atoms with van der Waals surface area (Å²) >= 11 is 0. The van der Waals surface area contributed by atoms with Gasteiger partial charge >= 0.3 is 5.97 Å². The van der Waals surface area contributed by atoms with Gasteiger partial charge in [0.25, 0.3) is 0 Å². The summed E-state index contributed by atoms with van der Waals surface area (Å²) in [5, 5.41) is 11.0. The molecule has 78 valence electrons. The number of hydrogen-bond acceptors (Lipinski definition) is 3. The molecule has 0 aliphatic heterocycles. The Kier molecular flexibility index (Phi) is 3.24. The van der Waals surface area contributed by atoms with Crippen LogP contribution in [0.3, 0.4) is 0 Å². The van der Waals surface area contributed by atoms with Crippen molar-refractivity contribution >= 4 is 11.9 Å². The zero-order valence-electron chi connectivity index (χ0n) is 7.93. The summed E-state index contributed by atoms with van der Waals surface area (Å²) in [6.07, 6.45) is 4.03. The molecule has 0 heterocycles. The maximum absolute atomic E-state index is 11.4. The van der Waals surface area contributed by atoms with Gasteiger partial charge in [-0.2, -0.15) is 0 Å². The predicted octanol–water partition coefficient (Wildman–Crippen LogP) is -0.521. The fourth-order valence-electron chi connectivity index (χ4n) is 1.30. The van der Waals surface area contributed by atoms with Crippen molar-refractivity contribution < 1.29 is 14.7 Å². The van der Waals surface area contributed by atoms with E-state index in [9.17, 15) is 9.59 Å². The highest BCUT2D eigenvalue weighted by Crippen LogP contribution is 2.16. The molecule has 0 aromatic carbocycles. The number of amides is 1. The Balaban J connectivity index is 2.43. The van der Waals surface area contributed by atoms with Gasteiger partial charge in [-0.3, -0.25) is 9.59 Å². The molecule has 0 radical (unpaired) electrons. The minimum atomic E-state index is -1.04. The van der Waals surface area contributed by atoms with Crippen LogP contribution >= 0.6 is 0 Å². The van der Waals surface area contributed by atoms with Gasteiger partial charge in [-0.25, -0.2) is 0 Å². The molecule has 1 aliphatic carbocycles. The first kappa shape index (κ1) is 10.7. The minimum Gasteiger partial charge on any atom is -0.480 e. The van der Waals surface area contributed by atoms with Crippen molar-refractivity contribution in [2.45, 2.75) is 25.4 Å². The van der Waals surface area contributed by atoms with Crippen LogP contribution in [0.2, 0.25) is 0 Å². The van der Waals surface area contributed by atoms with Crippen LogP contribution in [0.25, 0.3) is 0 Å². The first-order chi connectivity index (χ1) is 6.50. The molecular weight excluding hydrogens is 184 g/mol. The average Bonchev–Trinajstić information content (AvgIpc) is 2.51. The standard InChI is InChI=1S/C9H14N2O3/c1-5(9(13)14)11-8(12)6-2-3-7(10)4-6/h2-3,5-7H,4,10H2,1H3,(H,11,12)(H,13,14). The number of aliphatic carboxylic acids is 1. The molecule has 0 saturated carbocycles. The summed E-state index contributed by atoms with van der Waals surface area (Å²) < 4.78 is 0. The number of hydrogen-bond donors (Lipinski definition) is 3. The van der Waals surface area contributed by atoms with Crippen LogP contribution in [-0.4, -0.2) is 29.1 Å². The van der Waals surface area contributed by atoms with Gasteiger partial charge in [-0.05, 0) is 13.3 Å². The molecule has 5 heteroatoms. The monoisotopic (exact) mass is 198 g/mol. The third kappa shape index (κ3) is 2.56. The van der Waals surface area contributed by atoms with Gasteiger partial charge in [-0.1, -0.05) is 12.2 Å². The number of rotatable bonds is 3. The summed E-state index contributed by atoms with van der Waals surface area (Å²) in [6, 6.07) is -0.946. The maximum Gasteiger partial charge on any atom is 0.325 e. The van der Waals surface area contributed by atoms with E-state index in [4.69, 9.17) is 10.8 Å². The van der Waals surface area contributed by atoms with Crippen LogP contribution < -0.4 is 11.1 Å². The predicted molar refractivity (Wildman–Crippen MR) is 50.5 cm³/mol. The number of carboxylic acids is 1. The molecule has 0 aromatic rings. The second-order valence-electron chi connectivity index (χ2n) is 3.46. The molecule has 3 unspecified atom stereocenters. The van der Waals surface area contributed by atoms with Crippen LogP contribution in [0.5, 0.6) is 0 Å². The van der Waals surface area contributed by atoms with Gasteiger partial charge in [0, 0.05) is 6.04 Å². The Morgan fingerprint density at radius 3 is 2.64 bits per heavy atom. The lowest BCUT2D eigenvalue weighted by atomic mass is 10.1. The fraction of sp³-hybridized carbons (Fsp3) is 0.556. The van der Waals surface area contributed by atoms with E-state index in [0.717, 1.165) is 0 Å². The number of carbonyl (C=O) groups excluding carboxylic acids is 1. The van der Waals surface area contributed by atoms with E-state index >= 15 is 0 Å². The molecule has 3 atom stereocenters. The Labute approximate surface area is 82.0 Å². The van der Waals surface area contributed by atoms with E-state index in [2.05, 4.69) is 5.32 Å². The molecule has 0 aromatic heterocycles. The largest absolute Gasteiger partial charge is 0.480 e. The smallest absolute Gasteiger partial charge is 0.325 e. The lowest BCUT2D eigenvalue weighted by Crippen LogP contribution is -2.41. The molecule has 1 aliphatic rings. The van der Waals surface area contributed by atoms with E-state index in [0.29, 0.717) is 6.42 Å². The molecular formula is C9H14N2O3. The van der Waals surface area contributed by atoms with Gasteiger partial charge in [0.1, 0.15) is 6.04 Å². The molecule has 1 rings (SSSR count). The lowest BCUT2D eigenvalue weighted by Gasteiger charge is -2.13. The van der Waals surface area contributed by atoms with E-state index in [1.165, 1.54) is 6.92 Å². The second kappa shape index (κ2) is 4.23. The molecule has 1 amide bonds. The van der Waals surface area contributed by atoms with Crippen molar-refractivity contribution in [2.75, 3.05) is 0 Å². The third-order valence-electron chi connectivity index (χ3n) is 2.18. The normalized spacial score (nSPS) is 27.3. The molecule has 0 spiro atoms. The summed E-state index contributed by atoms with van der Waals surface area (Å²) in [4.78, 5) is 21.9. The number of carboxylic acid groups (broad SMARTS) is 1. The van der Waals surface area contributed by atoms with Crippen LogP contribution in [0.15, 0.2) is 12.2 Å². The Hall–Kier alpha value is -1.36. The van der Waals surface area contributed by atoms with Crippen molar-refractivity contribution in [3.63, 3.8) is 0 Å². The van der Waals surface area contributed by atoms with Gasteiger partial charge in [-0.15, -0.1) is 0 Å². The average molecular weight is 198 g/mol. The minimum absolute atomic E-state index is 0.0918. The van der Waals surface area contributed by atoms with Gasteiger partial charge < -0.3 is 16.2 Å². The van der Waals surface area contributed by atoms with E-state index < -0.39 is 12.0 Å². The van der Waals surface area contributed by atoms with Gasteiger partial charge in [0.2, 0.25) is 5.91 Å². The molecule has 0 fully saturated rings. The quantitative estimate of drug-likeness (QED) is 0.532. The first-order valence-electron chi connectivity index (χ1n) is 4.48. The first-order valence-corrected chi connectivity index (χ1v) is 4.48. The van der Waals surface area contributed by atoms with Crippen LogP contribution in [0.4, 0.5) is 0 Å². The number of nitrogens with one attached hydrogen (secondary N) is 1. The number of nitrogens with two attached hydrogens (primary N) is 1. The van der Waals surface area contributed by atoms with E-state index in [-0.39, 0.29) is 17.9 Å². The number of carbonyl (C=O) groups is 2. The summed E-state index contributed by atoms with van der Waals surface area (Å²) in [6.45, 7) is 1.43. The molecule has 5 nitrogen and oxygen atoms in total. The molecule has 0 bridgehead atoms. The topological polar surface area (TPSA) is 92.4 Å². The van der Waals surface area contributed by atoms with Crippen LogP contribution in [-0.2, 0) is 9.59 Å². The SMILES string of the molecule is CC(NC(=O)C1C=CC(N)C1)C(=O)O. The summed E-state index contributed by atoms with van der Waals surface area (Å²) in [7, 11) is 0. The highest BCUT2D eigenvalue weighted by atomic mass is 16.4. The van der Waals surface area contributed by atoms with Crippen LogP contribution in [0, 0.1) is 5.92 Å². The Morgan fingerprint density at radius 2 is 2.21 bits per heavy atom.